The quantitative estimate of drug-likeness (QED) is 0.788. The zero-order valence-electron chi connectivity index (χ0n) is 8.97. The first-order valence-electron chi connectivity index (χ1n) is 4.82. The maximum absolute atomic E-state index is 10.8. The summed E-state index contributed by atoms with van der Waals surface area (Å²) >= 11 is 0. The predicted molar refractivity (Wildman–Crippen MR) is 70.6 cm³/mol. The van der Waals surface area contributed by atoms with Crippen LogP contribution in [0, 0.1) is 0 Å². The number of benzene rings is 1. The number of rotatable bonds is 2. The van der Waals surface area contributed by atoms with Crippen molar-refractivity contribution in [3.8, 4) is 0 Å². The Morgan fingerprint density at radius 3 is 2.47 bits per heavy atom. The molecule has 0 radical (unpaired) electrons. The van der Waals surface area contributed by atoms with E-state index in [0.717, 1.165) is 0 Å². The van der Waals surface area contributed by atoms with Crippen LogP contribution in [0.2, 0.25) is 0 Å². The highest BCUT2D eigenvalue weighted by Gasteiger charge is 2.14. The Morgan fingerprint density at radius 2 is 1.88 bits per heavy atom. The number of halogens is 1. The number of nitrogens with zero attached hydrogens (tertiary/aromatic N) is 1. The van der Waals surface area contributed by atoms with E-state index in [1.807, 2.05) is 13.8 Å². The number of fused-ring (bicyclic) bond motifs is 1. The molecule has 0 saturated heterocycles. The predicted octanol–water partition coefficient (Wildman–Crippen LogP) is 3.56. The first kappa shape index (κ1) is 15.9. The average molecular weight is 278 g/mol. The van der Waals surface area contributed by atoms with E-state index < -0.39 is 9.05 Å². The van der Waals surface area contributed by atoms with Crippen LogP contribution in [-0.4, -0.2) is 13.6 Å². The minimum atomic E-state index is -3.59. The zero-order valence-corrected chi connectivity index (χ0v) is 10.5. The van der Waals surface area contributed by atoms with Gasteiger partial charge < -0.3 is 4.52 Å². The van der Waals surface area contributed by atoms with Gasteiger partial charge in [0.1, 0.15) is 11.4 Å². The summed E-state index contributed by atoms with van der Waals surface area (Å²) in [7, 11) is 1.53. The smallest absolute Gasteiger partial charge is 0.238 e. The maximum atomic E-state index is 10.8. The summed E-state index contributed by atoms with van der Waals surface area (Å²) in [5.74, 6) is -0.314. The molecule has 4 nitrogen and oxygen atoms in total. The van der Waals surface area contributed by atoms with Crippen LogP contribution in [0.15, 0.2) is 28.8 Å². The summed E-state index contributed by atoms with van der Waals surface area (Å²) < 4.78 is 26.6. The van der Waals surface area contributed by atoms with Crippen molar-refractivity contribution in [2.75, 3.05) is 0 Å². The first-order chi connectivity index (χ1) is 7.56. The molecular weight excluding hydrogens is 262 g/mol. The van der Waals surface area contributed by atoms with E-state index in [-0.39, 0.29) is 13.2 Å². The Hall–Kier alpha value is -1.07. The second kappa shape index (κ2) is 6.61. The van der Waals surface area contributed by atoms with E-state index in [1.165, 1.54) is 0 Å². The molecule has 0 N–H and O–H groups in total. The lowest BCUT2D eigenvalue weighted by molar-refractivity contribution is 0.449. The molecule has 2 rings (SSSR count). The van der Waals surface area contributed by atoms with Crippen molar-refractivity contribution in [1.82, 2.24) is 5.16 Å². The van der Waals surface area contributed by atoms with Crippen molar-refractivity contribution >= 4 is 30.7 Å². The van der Waals surface area contributed by atoms with Crippen molar-refractivity contribution in [3.63, 3.8) is 0 Å². The standard InChI is InChI=1S/C8H6ClNO3S.C2H6.CH4/c9-14(11,12)5-7-6-3-1-2-4-8(6)13-10-7;1-2;/h1-4H,5H2;1-2H3;1H4. The summed E-state index contributed by atoms with van der Waals surface area (Å²) in [6.07, 6.45) is 0. The van der Waals surface area contributed by atoms with Gasteiger partial charge in [0, 0.05) is 16.1 Å². The zero-order chi connectivity index (χ0) is 12.2. The van der Waals surface area contributed by atoms with E-state index >= 15 is 0 Å². The van der Waals surface area contributed by atoms with Gasteiger partial charge in [0.2, 0.25) is 9.05 Å². The largest absolute Gasteiger partial charge is 0.356 e. The minimum Gasteiger partial charge on any atom is -0.356 e. The SMILES string of the molecule is C.CC.O=S(=O)(Cl)Cc1noc2ccccc12. The fraction of sp³-hybridized carbons (Fsp3) is 0.364. The molecule has 0 atom stereocenters. The third kappa shape index (κ3) is 4.36. The molecule has 96 valence electrons. The topological polar surface area (TPSA) is 60.2 Å². The van der Waals surface area contributed by atoms with Crippen molar-refractivity contribution < 1.29 is 12.9 Å². The Labute approximate surface area is 106 Å². The highest BCUT2D eigenvalue weighted by Crippen LogP contribution is 2.20. The number of hydrogen-bond donors (Lipinski definition) is 0. The van der Waals surface area contributed by atoms with Gasteiger partial charge >= 0.3 is 0 Å². The van der Waals surface area contributed by atoms with Gasteiger partial charge in [-0.15, -0.1) is 0 Å². The normalized spacial score (nSPS) is 10.3. The second-order valence-electron chi connectivity index (χ2n) is 2.81. The van der Waals surface area contributed by atoms with Crippen LogP contribution in [0.3, 0.4) is 0 Å². The fourth-order valence-corrected chi connectivity index (χ4v) is 2.05. The molecular formula is C11H16ClNO3S. The van der Waals surface area contributed by atoms with Crippen LogP contribution >= 0.6 is 10.7 Å². The van der Waals surface area contributed by atoms with E-state index in [0.29, 0.717) is 16.7 Å². The van der Waals surface area contributed by atoms with Gasteiger partial charge in [0.25, 0.3) is 0 Å². The molecule has 0 saturated carbocycles. The molecule has 0 aliphatic heterocycles. The lowest BCUT2D eigenvalue weighted by atomic mass is 10.2. The highest BCUT2D eigenvalue weighted by molar-refractivity contribution is 8.13. The van der Waals surface area contributed by atoms with Crippen molar-refractivity contribution in [1.29, 1.82) is 0 Å². The summed E-state index contributed by atoms with van der Waals surface area (Å²) in [4.78, 5) is 0. The Morgan fingerprint density at radius 1 is 1.29 bits per heavy atom. The molecule has 0 spiro atoms. The monoisotopic (exact) mass is 277 g/mol. The van der Waals surface area contributed by atoms with E-state index in [1.54, 1.807) is 24.3 Å². The maximum Gasteiger partial charge on any atom is 0.238 e. The van der Waals surface area contributed by atoms with Crippen LogP contribution in [0.4, 0.5) is 0 Å². The fourth-order valence-electron chi connectivity index (χ4n) is 1.21. The van der Waals surface area contributed by atoms with Crippen molar-refractivity contribution in [2.24, 2.45) is 0 Å². The van der Waals surface area contributed by atoms with Gasteiger partial charge in [-0.3, -0.25) is 0 Å². The van der Waals surface area contributed by atoms with Crippen molar-refractivity contribution in [2.45, 2.75) is 27.0 Å². The van der Waals surface area contributed by atoms with E-state index in [9.17, 15) is 8.42 Å². The molecule has 17 heavy (non-hydrogen) atoms. The summed E-state index contributed by atoms with van der Waals surface area (Å²) in [6, 6.07) is 7.02. The summed E-state index contributed by atoms with van der Waals surface area (Å²) in [5, 5.41) is 4.32. The lowest BCUT2D eigenvalue weighted by Gasteiger charge is -1.90. The van der Waals surface area contributed by atoms with E-state index in [4.69, 9.17) is 15.2 Å². The van der Waals surface area contributed by atoms with Gasteiger partial charge in [-0.25, -0.2) is 8.42 Å². The van der Waals surface area contributed by atoms with Crippen LogP contribution in [0.1, 0.15) is 27.0 Å². The Kier molecular flexibility index (Phi) is 6.20. The molecule has 0 unspecified atom stereocenters. The molecule has 2 aromatic rings. The Bertz CT molecular complexity index is 563. The van der Waals surface area contributed by atoms with Gasteiger partial charge in [-0.2, -0.15) is 0 Å². The van der Waals surface area contributed by atoms with Crippen LogP contribution in [0.25, 0.3) is 11.0 Å². The highest BCUT2D eigenvalue weighted by atomic mass is 35.7. The van der Waals surface area contributed by atoms with Crippen LogP contribution < -0.4 is 0 Å². The second-order valence-corrected chi connectivity index (χ2v) is 5.59. The molecule has 1 aromatic carbocycles. The number of para-hydroxylation sites is 1. The minimum absolute atomic E-state index is 0. The summed E-state index contributed by atoms with van der Waals surface area (Å²) in [6.45, 7) is 4.00. The van der Waals surface area contributed by atoms with Gasteiger partial charge in [0.05, 0.1) is 0 Å². The van der Waals surface area contributed by atoms with Crippen LogP contribution in [-0.2, 0) is 14.8 Å². The summed E-state index contributed by atoms with van der Waals surface area (Å²) in [5.41, 5.74) is 0.901. The molecule has 0 fully saturated rings. The molecule has 0 aliphatic rings. The molecule has 1 aromatic heterocycles. The molecule has 6 heteroatoms. The van der Waals surface area contributed by atoms with Gasteiger partial charge in [0.15, 0.2) is 5.58 Å². The van der Waals surface area contributed by atoms with E-state index in [2.05, 4.69) is 5.16 Å². The molecule has 0 aliphatic carbocycles. The Balaban J connectivity index is 0.000000811. The third-order valence-electron chi connectivity index (χ3n) is 1.76. The number of aromatic nitrogens is 1. The van der Waals surface area contributed by atoms with Crippen LogP contribution in [0.5, 0.6) is 0 Å². The van der Waals surface area contributed by atoms with Gasteiger partial charge in [-0.1, -0.05) is 38.6 Å². The molecule has 1 heterocycles. The molecule has 0 amide bonds. The number of hydrogen-bond acceptors (Lipinski definition) is 4. The van der Waals surface area contributed by atoms with Gasteiger partial charge in [-0.05, 0) is 12.1 Å². The average Bonchev–Trinajstić information content (AvgIpc) is 2.63. The third-order valence-corrected chi connectivity index (χ3v) is 2.71. The molecule has 0 bridgehead atoms. The first-order valence-corrected chi connectivity index (χ1v) is 7.30. The lowest BCUT2D eigenvalue weighted by Crippen LogP contribution is -1.95. The van der Waals surface area contributed by atoms with Crippen molar-refractivity contribution in [3.05, 3.63) is 30.0 Å².